The summed E-state index contributed by atoms with van der Waals surface area (Å²) < 4.78 is 0. The van der Waals surface area contributed by atoms with Crippen molar-refractivity contribution in [3.63, 3.8) is 0 Å². The van der Waals surface area contributed by atoms with Gasteiger partial charge in [-0.15, -0.1) is 0 Å². The van der Waals surface area contributed by atoms with Crippen LogP contribution in [0.4, 0.5) is 11.4 Å². The molecular formula is C13H15N3O2. The number of aryl methyl sites for hydroxylation is 1. The van der Waals surface area contributed by atoms with E-state index >= 15 is 0 Å². The molecule has 5 nitrogen and oxygen atoms in total. The van der Waals surface area contributed by atoms with Gasteiger partial charge in [-0.05, 0) is 32.9 Å². The summed E-state index contributed by atoms with van der Waals surface area (Å²) in [6.07, 6.45) is 0. The number of aromatic nitrogens is 1. The van der Waals surface area contributed by atoms with Crippen LogP contribution >= 0.6 is 0 Å². The topological polar surface area (TPSA) is 68.1 Å². The lowest BCUT2D eigenvalue weighted by Gasteiger charge is -2.13. The van der Waals surface area contributed by atoms with Crippen LogP contribution in [0.1, 0.15) is 19.5 Å². The SMILES string of the molecule is Cc1cc(NC(C)C)c2cc([N+](=O)[O-])ccc2n1. The Morgan fingerprint density at radius 1 is 1.33 bits per heavy atom. The Morgan fingerprint density at radius 3 is 2.67 bits per heavy atom. The first kappa shape index (κ1) is 12.3. The van der Waals surface area contributed by atoms with Crippen molar-refractivity contribution >= 4 is 22.3 Å². The predicted molar refractivity (Wildman–Crippen MR) is 71.9 cm³/mol. The van der Waals surface area contributed by atoms with E-state index in [0.29, 0.717) is 0 Å². The van der Waals surface area contributed by atoms with E-state index in [-0.39, 0.29) is 11.7 Å². The van der Waals surface area contributed by atoms with Crippen LogP contribution in [0.5, 0.6) is 0 Å². The van der Waals surface area contributed by atoms with Crippen LogP contribution in [0.25, 0.3) is 10.9 Å². The highest BCUT2D eigenvalue weighted by molar-refractivity contribution is 5.93. The van der Waals surface area contributed by atoms with Crippen LogP contribution in [-0.4, -0.2) is 15.9 Å². The fourth-order valence-electron chi connectivity index (χ4n) is 1.89. The zero-order valence-electron chi connectivity index (χ0n) is 10.6. The maximum Gasteiger partial charge on any atom is 0.270 e. The van der Waals surface area contributed by atoms with Crippen LogP contribution in [-0.2, 0) is 0 Å². The number of nitrogens with zero attached hydrogens (tertiary/aromatic N) is 2. The third-order valence-corrected chi connectivity index (χ3v) is 2.58. The first-order chi connectivity index (χ1) is 8.47. The van der Waals surface area contributed by atoms with Crippen LogP contribution in [0.2, 0.25) is 0 Å². The van der Waals surface area contributed by atoms with Crippen molar-refractivity contribution in [2.45, 2.75) is 26.8 Å². The summed E-state index contributed by atoms with van der Waals surface area (Å²) in [5.41, 5.74) is 2.62. The van der Waals surface area contributed by atoms with E-state index in [1.807, 2.05) is 26.8 Å². The Bertz CT molecular complexity index is 608. The monoisotopic (exact) mass is 245 g/mol. The van der Waals surface area contributed by atoms with Gasteiger partial charge >= 0.3 is 0 Å². The number of rotatable bonds is 3. The number of benzene rings is 1. The molecule has 94 valence electrons. The second-order valence-corrected chi connectivity index (χ2v) is 4.57. The molecule has 2 aromatic rings. The summed E-state index contributed by atoms with van der Waals surface area (Å²) in [4.78, 5) is 14.8. The third-order valence-electron chi connectivity index (χ3n) is 2.58. The number of fused-ring (bicyclic) bond motifs is 1. The van der Waals surface area contributed by atoms with Gasteiger partial charge in [-0.2, -0.15) is 0 Å². The lowest BCUT2D eigenvalue weighted by molar-refractivity contribution is -0.384. The fourth-order valence-corrected chi connectivity index (χ4v) is 1.89. The van der Waals surface area contributed by atoms with Crippen molar-refractivity contribution in [3.8, 4) is 0 Å². The molecule has 5 heteroatoms. The molecule has 0 aliphatic rings. The minimum atomic E-state index is -0.390. The van der Waals surface area contributed by atoms with Crippen molar-refractivity contribution in [1.82, 2.24) is 4.98 Å². The quantitative estimate of drug-likeness (QED) is 0.665. The van der Waals surface area contributed by atoms with E-state index < -0.39 is 4.92 Å². The van der Waals surface area contributed by atoms with Gasteiger partial charge in [-0.3, -0.25) is 15.1 Å². The van der Waals surface area contributed by atoms with E-state index in [9.17, 15) is 10.1 Å². The lowest BCUT2D eigenvalue weighted by atomic mass is 10.1. The summed E-state index contributed by atoms with van der Waals surface area (Å²) in [5.74, 6) is 0. The first-order valence-electron chi connectivity index (χ1n) is 5.79. The molecule has 0 radical (unpaired) electrons. The van der Waals surface area contributed by atoms with Gasteiger partial charge < -0.3 is 5.32 Å². The fraction of sp³-hybridized carbons (Fsp3) is 0.308. The molecule has 18 heavy (non-hydrogen) atoms. The minimum Gasteiger partial charge on any atom is -0.382 e. The van der Waals surface area contributed by atoms with Crippen LogP contribution < -0.4 is 5.32 Å². The van der Waals surface area contributed by atoms with Crippen molar-refractivity contribution in [3.05, 3.63) is 40.1 Å². The third kappa shape index (κ3) is 2.40. The Hall–Kier alpha value is -2.17. The lowest BCUT2D eigenvalue weighted by Crippen LogP contribution is -2.10. The molecule has 1 aromatic carbocycles. The molecule has 0 aliphatic heterocycles. The molecule has 0 bridgehead atoms. The molecule has 0 amide bonds. The predicted octanol–water partition coefficient (Wildman–Crippen LogP) is 3.27. The van der Waals surface area contributed by atoms with Crippen molar-refractivity contribution in [2.24, 2.45) is 0 Å². The standard InChI is InChI=1S/C13H15N3O2/c1-8(2)14-13-6-9(3)15-12-5-4-10(16(17)18)7-11(12)13/h4-8H,1-3H3,(H,14,15). The molecule has 0 spiro atoms. The Morgan fingerprint density at radius 2 is 2.06 bits per heavy atom. The Balaban J connectivity index is 2.65. The van der Waals surface area contributed by atoms with E-state index in [1.165, 1.54) is 6.07 Å². The van der Waals surface area contributed by atoms with Gasteiger partial charge in [-0.25, -0.2) is 0 Å². The summed E-state index contributed by atoms with van der Waals surface area (Å²) in [7, 11) is 0. The molecule has 1 aromatic heterocycles. The normalized spacial score (nSPS) is 10.9. The highest BCUT2D eigenvalue weighted by atomic mass is 16.6. The first-order valence-corrected chi connectivity index (χ1v) is 5.79. The molecular weight excluding hydrogens is 230 g/mol. The second-order valence-electron chi connectivity index (χ2n) is 4.57. The molecule has 0 atom stereocenters. The van der Waals surface area contributed by atoms with Crippen molar-refractivity contribution in [1.29, 1.82) is 0 Å². The number of nitro benzene ring substituents is 1. The maximum absolute atomic E-state index is 10.8. The van der Waals surface area contributed by atoms with E-state index in [0.717, 1.165) is 22.3 Å². The van der Waals surface area contributed by atoms with Gasteiger partial charge in [-0.1, -0.05) is 0 Å². The number of pyridine rings is 1. The summed E-state index contributed by atoms with van der Waals surface area (Å²) in [5, 5.41) is 14.9. The van der Waals surface area contributed by atoms with Gasteiger partial charge in [0.2, 0.25) is 0 Å². The molecule has 1 heterocycles. The highest BCUT2D eigenvalue weighted by Crippen LogP contribution is 2.27. The second kappa shape index (κ2) is 4.60. The van der Waals surface area contributed by atoms with Crippen LogP contribution in [0, 0.1) is 17.0 Å². The zero-order chi connectivity index (χ0) is 13.3. The molecule has 0 saturated heterocycles. The molecule has 0 unspecified atom stereocenters. The van der Waals surface area contributed by atoms with Crippen molar-refractivity contribution < 1.29 is 4.92 Å². The number of hydrogen-bond donors (Lipinski definition) is 1. The number of non-ortho nitro benzene ring substituents is 1. The average Bonchev–Trinajstić information content (AvgIpc) is 2.27. The number of anilines is 1. The van der Waals surface area contributed by atoms with E-state index in [2.05, 4.69) is 10.3 Å². The van der Waals surface area contributed by atoms with E-state index in [1.54, 1.807) is 12.1 Å². The molecule has 1 N–H and O–H groups in total. The van der Waals surface area contributed by atoms with Crippen LogP contribution in [0.15, 0.2) is 24.3 Å². The van der Waals surface area contributed by atoms with Crippen LogP contribution in [0.3, 0.4) is 0 Å². The smallest absolute Gasteiger partial charge is 0.270 e. The molecule has 0 saturated carbocycles. The van der Waals surface area contributed by atoms with Gasteiger partial charge in [0.1, 0.15) is 0 Å². The zero-order valence-corrected chi connectivity index (χ0v) is 10.6. The summed E-state index contributed by atoms with van der Waals surface area (Å²) in [6.45, 7) is 5.96. The van der Waals surface area contributed by atoms with Crippen molar-refractivity contribution in [2.75, 3.05) is 5.32 Å². The van der Waals surface area contributed by atoms with E-state index in [4.69, 9.17) is 0 Å². The minimum absolute atomic E-state index is 0.0833. The van der Waals surface area contributed by atoms with Gasteiger partial charge in [0.15, 0.2) is 0 Å². The Kier molecular flexibility index (Phi) is 3.14. The van der Waals surface area contributed by atoms with Gasteiger partial charge in [0, 0.05) is 34.9 Å². The Labute approximate surface area is 105 Å². The summed E-state index contributed by atoms with van der Waals surface area (Å²) in [6, 6.07) is 6.90. The number of nitro groups is 1. The highest BCUT2D eigenvalue weighted by Gasteiger charge is 2.11. The number of nitrogens with one attached hydrogen (secondary N) is 1. The summed E-state index contributed by atoms with van der Waals surface area (Å²) >= 11 is 0. The van der Waals surface area contributed by atoms with Gasteiger partial charge in [0.25, 0.3) is 5.69 Å². The van der Waals surface area contributed by atoms with Gasteiger partial charge in [0.05, 0.1) is 10.4 Å². The average molecular weight is 245 g/mol. The number of hydrogen-bond acceptors (Lipinski definition) is 4. The molecule has 0 fully saturated rings. The molecule has 2 rings (SSSR count). The molecule has 0 aliphatic carbocycles. The largest absolute Gasteiger partial charge is 0.382 e. The maximum atomic E-state index is 10.8.